The van der Waals surface area contributed by atoms with Crippen LogP contribution in [0.2, 0.25) is 0 Å². The molecule has 2 atom stereocenters. The van der Waals surface area contributed by atoms with E-state index >= 15 is 0 Å². The molecule has 1 aliphatic heterocycles. The average Bonchev–Trinajstić information content (AvgIpc) is 2.51. The van der Waals surface area contributed by atoms with E-state index in [1.165, 1.54) is 0 Å². The maximum atomic E-state index is 12.7. The van der Waals surface area contributed by atoms with Crippen LogP contribution in [0.4, 0.5) is 0 Å². The highest BCUT2D eigenvalue weighted by Crippen LogP contribution is 2.20. The molecule has 26 heavy (non-hydrogen) atoms. The SMILES string of the molecule is CC(C)C[C@H](NC(=O)[C@@H](NC(=O)CN1CCOCC1)C(C)(C)C)C(=O)O. The van der Waals surface area contributed by atoms with E-state index in [-0.39, 0.29) is 18.4 Å². The minimum absolute atomic E-state index is 0.125. The molecule has 0 saturated carbocycles. The van der Waals surface area contributed by atoms with Crippen molar-refractivity contribution in [1.29, 1.82) is 0 Å². The Morgan fingerprint density at radius 3 is 2.15 bits per heavy atom. The topological polar surface area (TPSA) is 108 Å². The van der Waals surface area contributed by atoms with Crippen molar-refractivity contribution in [2.75, 3.05) is 32.8 Å². The molecule has 1 fully saturated rings. The van der Waals surface area contributed by atoms with Gasteiger partial charge in [-0.15, -0.1) is 0 Å². The third kappa shape index (κ3) is 7.70. The first kappa shape index (κ1) is 22.4. The fraction of sp³-hybridized carbons (Fsp3) is 0.833. The third-order valence-electron chi connectivity index (χ3n) is 4.23. The number of nitrogens with one attached hydrogen (secondary N) is 2. The van der Waals surface area contributed by atoms with Crippen molar-refractivity contribution >= 4 is 17.8 Å². The van der Waals surface area contributed by atoms with E-state index in [0.29, 0.717) is 32.7 Å². The minimum atomic E-state index is -1.07. The summed E-state index contributed by atoms with van der Waals surface area (Å²) in [6.07, 6.45) is 0.333. The number of hydrogen-bond acceptors (Lipinski definition) is 5. The van der Waals surface area contributed by atoms with Gasteiger partial charge in [0.05, 0.1) is 19.8 Å². The van der Waals surface area contributed by atoms with E-state index < -0.39 is 29.4 Å². The number of ether oxygens (including phenoxy) is 1. The fourth-order valence-electron chi connectivity index (χ4n) is 2.79. The fourth-order valence-corrected chi connectivity index (χ4v) is 2.79. The first-order chi connectivity index (χ1) is 12.0. The molecule has 0 aliphatic carbocycles. The van der Waals surface area contributed by atoms with Crippen molar-refractivity contribution in [2.24, 2.45) is 11.3 Å². The zero-order chi connectivity index (χ0) is 19.9. The molecule has 0 unspecified atom stereocenters. The molecule has 8 heteroatoms. The molecular weight excluding hydrogens is 338 g/mol. The second kappa shape index (κ2) is 9.87. The van der Waals surface area contributed by atoms with Gasteiger partial charge in [0.15, 0.2) is 0 Å². The molecule has 1 heterocycles. The number of nitrogens with zero attached hydrogens (tertiary/aromatic N) is 1. The van der Waals surface area contributed by atoms with Gasteiger partial charge in [-0.1, -0.05) is 34.6 Å². The van der Waals surface area contributed by atoms with Gasteiger partial charge in [0.2, 0.25) is 11.8 Å². The largest absolute Gasteiger partial charge is 0.480 e. The van der Waals surface area contributed by atoms with Gasteiger partial charge in [-0.2, -0.15) is 0 Å². The van der Waals surface area contributed by atoms with Crippen LogP contribution < -0.4 is 10.6 Å². The molecule has 8 nitrogen and oxygen atoms in total. The van der Waals surface area contributed by atoms with E-state index in [9.17, 15) is 19.5 Å². The number of carboxylic acid groups (broad SMARTS) is 1. The van der Waals surface area contributed by atoms with Gasteiger partial charge >= 0.3 is 5.97 Å². The van der Waals surface area contributed by atoms with Gasteiger partial charge < -0.3 is 20.5 Å². The van der Waals surface area contributed by atoms with Crippen molar-refractivity contribution in [3.05, 3.63) is 0 Å². The molecule has 150 valence electrons. The molecule has 0 aromatic rings. The lowest BCUT2D eigenvalue weighted by molar-refractivity contribution is -0.143. The van der Waals surface area contributed by atoms with E-state index in [1.807, 2.05) is 39.5 Å². The Morgan fingerprint density at radius 2 is 1.69 bits per heavy atom. The summed E-state index contributed by atoms with van der Waals surface area (Å²) in [7, 11) is 0. The van der Waals surface area contributed by atoms with Crippen LogP contribution in [-0.2, 0) is 19.1 Å². The van der Waals surface area contributed by atoms with Crippen LogP contribution in [0.25, 0.3) is 0 Å². The molecule has 1 aliphatic rings. The van der Waals surface area contributed by atoms with Crippen LogP contribution in [0.1, 0.15) is 41.0 Å². The monoisotopic (exact) mass is 371 g/mol. The molecule has 1 saturated heterocycles. The zero-order valence-electron chi connectivity index (χ0n) is 16.5. The summed E-state index contributed by atoms with van der Waals surface area (Å²) in [5.74, 6) is -1.67. The lowest BCUT2D eigenvalue weighted by atomic mass is 9.85. The molecule has 0 spiro atoms. The van der Waals surface area contributed by atoms with Gasteiger partial charge in [-0.25, -0.2) is 4.79 Å². The summed E-state index contributed by atoms with van der Waals surface area (Å²) in [6, 6.07) is -1.78. The Balaban J connectivity index is 2.73. The molecule has 2 amide bonds. The smallest absolute Gasteiger partial charge is 0.326 e. The Morgan fingerprint density at radius 1 is 1.12 bits per heavy atom. The van der Waals surface area contributed by atoms with Crippen LogP contribution in [0, 0.1) is 11.3 Å². The third-order valence-corrected chi connectivity index (χ3v) is 4.23. The summed E-state index contributed by atoms with van der Waals surface area (Å²) >= 11 is 0. The second-order valence-corrected chi connectivity index (χ2v) is 8.28. The lowest BCUT2D eigenvalue weighted by Gasteiger charge is -2.33. The number of carbonyl (C=O) groups excluding carboxylic acids is 2. The molecule has 3 N–H and O–H groups in total. The number of rotatable bonds is 8. The first-order valence-corrected chi connectivity index (χ1v) is 9.13. The van der Waals surface area contributed by atoms with Crippen LogP contribution in [0.15, 0.2) is 0 Å². The van der Waals surface area contributed by atoms with E-state index in [4.69, 9.17) is 4.74 Å². The molecular formula is C18H33N3O5. The van der Waals surface area contributed by atoms with Crippen LogP contribution in [-0.4, -0.2) is 72.7 Å². The number of morpholine rings is 1. The van der Waals surface area contributed by atoms with Crippen molar-refractivity contribution in [1.82, 2.24) is 15.5 Å². The molecule has 0 bridgehead atoms. The predicted octanol–water partition coefficient (Wildman–Crippen LogP) is 0.465. The zero-order valence-corrected chi connectivity index (χ0v) is 16.5. The first-order valence-electron chi connectivity index (χ1n) is 9.13. The summed E-state index contributed by atoms with van der Waals surface area (Å²) < 4.78 is 5.26. The predicted molar refractivity (Wildman–Crippen MR) is 97.7 cm³/mol. The summed E-state index contributed by atoms with van der Waals surface area (Å²) in [6.45, 7) is 12.0. The highest BCUT2D eigenvalue weighted by molar-refractivity contribution is 5.91. The lowest BCUT2D eigenvalue weighted by Crippen LogP contribution is -2.58. The summed E-state index contributed by atoms with van der Waals surface area (Å²) in [4.78, 5) is 38.4. The Hall–Kier alpha value is -1.67. The molecule has 1 rings (SSSR count). The number of amides is 2. The molecule has 0 radical (unpaired) electrons. The van der Waals surface area contributed by atoms with Crippen LogP contribution in [0.5, 0.6) is 0 Å². The van der Waals surface area contributed by atoms with E-state index in [1.54, 1.807) is 0 Å². The summed E-state index contributed by atoms with van der Waals surface area (Å²) in [5.41, 5.74) is -0.550. The van der Waals surface area contributed by atoms with Gasteiger partial charge in [0, 0.05) is 13.1 Å². The van der Waals surface area contributed by atoms with Gasteiger partial charge in [-0.3, -0.25) is 14.5 Å². The van der Waals surface area contributed by atoms with Gasteiger partial charge in [-0.05, 0) is 17.8 Å². The Kier molecular flexibility index (Phi) is 8.49. The van der Waals surface area contributed by atoms with Crippen molar-refractivity contribution in [3.8, 4) is 0 Å². The van der Waals surface area contributed by atoms with Gasteiger partial charge in [0.25, 0.3) is 0 Å². The highest BCUT2D eigenvalue weighted by atomic mass is 16.5. The Labute approximate surface area is 155 Å². The number of carbonyl (C=O) groups is 3. The normalized spacial score (nSPS) is 18.2. The number of carboxylic acids is 1. The van der Waals surface area contributed by atoms with Crippen molar-refractivity contribution < 1.29 is 24.2 Å². The van der Waals surface area contributed by atoms with Gasteiger partial charge in [0.1, 0.15) is 12.1 Å². The van der Waals surface area contributed by atoms with Crippen LogP contribution in [0.3, 0.4) is 0 Å². The van der Waals surface area contributed by atoms with E-state index in [0.717, 1.165) is 0 Å². The molecule has 0 aromatic heterocycles. The average molecular weight is 371 g/mol. The minimum Gasteiger partial charge on any atom is -0.480 e. The quantitative estimate of drug-likeness (QED) is 0.572. The van der Waals surface area contributed by atoms with Crippen molar-refractivity contribution in [3.63, 3.8) is 0 Å². The maximum Gasteiger partial charge on any atom is 0.326 e. The number of aliphatic carboxylic acids is 1. The van der Waals surface area contributed by atoms with Crippen molar-refractivity contribution in [2.45, 2.75) is 53.1 Å². The standard InChI is InChI=1S/C18H33N3O5/c1-12(2)10-13(17(24)25)19-16(23)15(18(3,4)5)20-14(22)11-21-6-8-26-9-7-21/h12-13,15H,6-11H2,1-5H3,(H,19,23)(H,20,22)(H,24,25)/t13-,15+/m0/s1. The summed E-state index contributed by atoms with van der Waals surface area (Å²) in [5, 5.41) is 14.7. The van der Waals surface area contributed by atoms with Crippen LogP contribution >= 0.6 is 0 Å². The highest BCUT2D eigenvalue weighted by Gasteiger charge is 2.35. The van der Waals surface area contributed by atoms with E-state index in [2.05, 4.69) is 10.6 Å². The maximum absolute atomic E-state index is 12.7. The Bertz CT molecular complexity index is 496. The molecule has 0 aromatic carbocycles. The number of hydrogen-bond donors (Lipinski definition) is 3. The second-order valence-electron chi connectivity index (χ2n) is 8.28.